The van der Waals surface area contributed by atoms with Gasteiger partial charge in [-0.2, -0.15) is 0 Å². The zero-order chi connectivity index (χ0) is 15.5. The van der Waals surface area contributed by atoms with Crippen LogP contribution in [0.1, 0.15) is 37.0 Å². The molecule has 0 heterocycles. The van der Waals surface area contributed by atoms with Crippen molar-refractivity contribution in [3.8, 4) is 0 Å². The van der Waals surface area contributed by atoms with Crippen LogP contribution in [0.5, 0.6) is 0 Å². The molecule has 5 nitrogen and oxygen atoms in total. The molecule has 0 saturated carbocycles. The first-order valence-corrected chi connectivity index (χ1v) is 7.95. The van der Waals surface area contributed by atoms with Crippen LogP contribution in [0.2, 0.25) is 5.02 Å². The van der Waals surface area contributed by atoms with E-state index < -0.39 is 32.2 Å². The molecule has 1 amide bonds. The molecular weight excluding hydrogens is 307 g/mol. The van der Waals surface area contributed by atoms with E-state index in [1.807, 2.05) is 13.8 Å². The number of sulfonamides is 1. The van der Waals surface area contributed by atoms with Crippen LogP contribution in [0.15, 0.2) is 17.0 Å². The summed E-state index contributed by atoms with van der Waals surface area (Å²) < 4.78 is 36.4. The highest BCUT2D eigenvalue weighted by atomic mass is 35.5. The number of nitrogens with two attached hydrogens (primary N) is 1. The Morgan fingerprint density at radius 2 is 1.95 bits per heavy atom. The van der Waals surface area contributed by atoms with Crippen LogP contribution in [-0.4, -0.2) is 20.4 Å². The van der Waals surface area contributed by atoms with Crippen molar-refractivity contribution in [1.82, 2.24) is 5.32 Å². The molecule has 0 bridgehead atoms. The molecule has 0 saturated heterocycles. The highest BCUT2D eigenvalue weighted by molar-refractivity contribution is 7.89. The van der Waals surface area contributed by atoms with Gasteiger partial charge in [0.15, 0.2) is 0 Å². The van der Waals surface area contributed by atoms with Gasteiger partial charge in [-0.05, 0) is 25.0 Å². The van der Waals surface area contributed by atoms with E-state index >= 15 is 0 Å². The van der Waals surface area contributed by atoms with Gasteiger partial charge in [0.25, 0.3) is 5.91 Å². The van der Waals surface area contributed by atoms with Crippen molar-refractivity contribution in [3.63, 3.8) is 0 Å². The molecule has 0 spiro atoms. The standard InChI is InChI=1S/C12H16ClFN2O3S/c1-3-7(4-2)16-12(17)8-5-11(20(15,18)19)9(13)6-10(8)14/h5-7H,3-4H2,1-2H3,(H,16,17)(H2,15,18,19). The Morgan fingerprint density at radius 1 is 1.40 bits per heavy atom. The largest absolute Gasteiger partial charge is 0.349 e. The van der Waals surface area contributed by atoms with Crippen molar-refractivity contribution in [2.45, 2.75) is 37.6 Å². The fourth-order valence-electron chi connectivity index (χ4n) is 1.68. The summed E-state index contributed by atoms with van der Waals surface area (Å²) >= 11 is 5.62. The monoisotopic (exact) mass is 322 g/mol. The highest BCUT2D eigenvalue weighted by Gasteiger charge is 2.21. The molecule has 0 fully saturated rings. The second kappa shape index (κ2) is 6.51. The van der Waals surface area contributed by atoms with Crippen LogP contribution in [-0.2, 0) is 10.0 Å². The Balaban J connectivity index is 3.22. The van der Waals surface area contributed by atoms with Crippen molar-refractivity contribution < 1.29 is 17.6 Å². The SMILES string of the molecule is CCC(CC)NC(=O)c1cc(S(N)(=O)=O)c(Cl)cc1F. The van der Waals surface area contributed by atoms with E-state index in [9.17, 15) is 17.6 Å². The van der Waals surface area contributed by atoms with Crippen LogP contribution < -0.4 is 10.5 Å². The van der Waals surface area contributed by atoms with E-state index in [0.29, 0.717) is 12.8 Å². The predicted octanol–water partition coefficient (Wildman–Crippen LogP) is 2.04. The number of hydrogen-bond acceptors (Lipinski definition) is 3. The molecule has 0 aliphatic carbocycles. The number of halogens is 2. The lowest BCUT2D eigenvalue weighted by molar-refractivity contribution is 0.0930. The number of primary sulfonamides is 1. The number of amides is 1. The molecule has 0 radical (unpaired) electrons. The molecule has 8 heteroatoms. The van der Waals surface area contributed by atoms with E-state index in [-0.39, 0.29) is 11.1 Å². The summed E-state index contributed by atoms with van der Waals surface area (Å²) in [5, 5.41) is 7.22. The molecule has 0 atom stereocenters. The summed E-state index contributed by atoms with van der Waals surface area (Å²) in [6.07, 6.45) is 1.36. The summed E-state index contributed by atoms with van der Waals surface area (Å²) in [4.78, 5) is 11.5. The van der Waals surface area contributed by atoms with E-state index in [4.69, 9.17) is 16.7 Å². The van der Waals surface area contributed by atoms with Crippen LogP contribution in [0, 0.1) is 5.82 Å². The maximum absolute atomic E-state index is 13.7. The molecule has 0 unspecified atom stereocenters. The maximum atomic E-state index is 13.7. The third-order valence-electron chi connectivity index (χ3n) is 2.89. The van der Waals surface area contributed by atoms with Gasteiger partial charge in [-0.1, -0.05) is 25.4 Å². The highest BCUT2D eigenvalue weighted by Crippen LogP contribution is 2.24. The fraction of sp³-hybridized carbons (Fsp3) is 0.417. The quantitative estimate of drug-likeness (QED) is 0.869. The first-order chi connectivity index (χ1) is 9.20. The summed E-state index contributed by atoms with van der Waals surface area (Å²) in [6.45, 7) is 3.75. The van der Waals surface area contributed by atoms with Crippen molar-refractivity contribution >= 4 is 27.5 Å². The molecule has 112 valence electrons. The second-order valence-electron chi connectivity index (χ2n) is 4.29. The molecule has 20 heavy (non-hydrogen) atoms. The van der Waals surface area contributed by atoms with Crippen LogP contribution in [0.3, 0.4) is 0 Å². The first-order valence-electron chi connectivity index (χ1n) is 6.03. The van der Waals surface area contributed by atoms with Gasteiger partial charge in [-0.3, -0.25) is 4.79 Å². The topological polar surface area (TPSA) is 89.3 Å². The Morgan fingerprint density at radius 3 is 2.40 bits per heavy atom. The molecule has 0 aliphatic rings. The van der Waals surface area contributed by atoms with Crippen LogP contribution in [0.4, 0.5) is 4.39 Å². The number of carbonyl (C=O) groups is 1. The summed E-state index contributed by atoms with van der Waals surface area (Å²) in [6, 6.07) is 1.50. The van der Waals surface area contributed by atoms with Crippen molar-refractivity contribution in [2.75, 3.05) is 0 Å². The van der Waals surface area contributed by atoms with Crippen molar-refractivity contribution in [2.24, 2.45) is 5.14 Å². The first kappa shape index (κ1) is 16.9. The number of nitrogens with one attached hydrogen (secondary N) is 1. The molecule has 3 N–H and O–H groups in total. The average molecular weight is 323 g/mol. The van der Waals surface area contributed by atoms with E-state index in [1.165, 1.54) is 0 Å². The minimum Gasteiger partial charge on any atom is -0.349 e. The van der Waals surface area contributed by atoms with Crippen LogP contribution in [0.25, 0.3) is 0 Å². The number of rotatable bonds is 5. The van der Waals surface area contributed by atoms with Gasteiger partial charge < -0.3 is 5.32 Å². The Labute approximate surface area is 122 Å². The van der Waals surface area contributed by atoms with Gasteiger partial charge in [0.2, 0.25) is 10.0 Å². The minimum absolute atomic E-state index is 0.115. The molecule has 1 rings (SSSR count). The molecule has 0 aromatic heterocycles. The second-order valence-corrected chi connectivity index (χ2v) is 6.23. The smallest absolute Gasteiger partial charge is 0.254 e. The summed E-state index contributed by atoms with van der Waals surface area (Å²) in [5.74, 6) is -1.59. The third-order valence-corrected chi connectivity index (χ3v) is 4.27. The van der Waals surface area contributed by atoms with E-state index in [2.05, 4.69) is 5.32 Å². The van der Waals surface area contributed by atoms with Gasteiger partial charge in [-0.15, -0.1) is 0 Å². The minimum atomic E-state index is -4.12. The zero-order valence-corrected chi connectivity index (χ0v) is 12.7. The summed E-state index contributed by atoms with van der Waals surface area (Å²) in [7, 11) is -4.12. The molecule has 1 aromatic rings. The van der Waals surface area contributed by atoms with Crippen LogP contribution >= 0.6 is 11.6 Å². The predicted molar refractivity (Wildman–Crippen MR) is 74.6 cm³/mol. The number of carbonyl (C=O) groups excluding carboxylic acids is 1. The normalized spacial score (nSPS) is 11.7. The van der Waals surface area contributed by atoms with Gasteiger partial charge >= 0.3 is 0 Å². The van der Waals surface area contributed by atoms with E-state index in [0.717, 1.165) is 12.1 Å². The van der Waals surface area contributed by atoms with Gasteiger partial charge in [0.05, 0.1) is 10.6 Å². The summed E-state index contributed by atoms with van der Waals surface area (Å²) in [5.41, 5.74) is -0.398. The Hall–Kier alpha value is -1.18. The molecule has 0 aliphatic heterocycles. The number of hydrogen-bond donors (Lipinski definition) is 2. The number of benzene rings is 1. The fourth-order valence-corrected chi connectivity index (χ4v) is 2.76. The van der Waals surface area contributed by atoms with Gasteiger partial charge in [0.1, 0.15) is 10.7 Å². The van der Waals surface area contributed by atoms with Gasteiger partial charge in [0, 0.05) is 6.04 Å². The average Bonchev–Trinajstić information content (AvgIpc) is 2.33. The Kier molecular flexibility index (Phi) is 5.50. The van der Waals surface area contributed by atoms with Crippen molar-refractivity contribution in [1.29, 1.82) is 0 Å². The van der Waals surface area contributed by atoms with Crippen molar-refractivity contribution in [3.05, 3.63) is 28.5 Å². The zero-order valence-electron chi connectivity index (χ0n) is 11.1. The van der Waals surface area contributed by atoms with Gasteiger partial charge in [-0.25, -0.2) is 17.9 Å². The third kappa shape index (κ3) is 3.91. The lowest BCUT2D eigenvalue weighted by Crippen LogP contribution is -2.34. The lowest BCUT2D eigenvalue weighted by Gasteiger charge is -2.15. The maximum Gasteiger partial charge on any atom is 0.254 e. The Bertz CT molecular complexity index is 615. The molecular formula is C12H16ClFN2O3S. The van der Waals surface area contributed by atoms with E-state index in [1.54, 1.807) is 0 Å². The molecule has 1 aromatic carbocycles. The lowest BCUT2D eigenvalue weighted by atomic mass is 10.1.